The molecule has 1 N–H and O–H groups in total. The standard InChI is InChI=1S/C14H17ClN4OS/c1-9(21-14-18-17-10(2)19(14)3)13(20)16-8-11-6-4-5-7-12(11)15/h4-7,9H,8H2,1-3H3,(H,16,20)/t9-/m0/s1. The van der Waals surface area contributed by atoms with E-state index in [2.05, 4.69) is 15.5 Å². The Balaban J connectivity index is 1.91. The van der Waals surface area contributed by atoms with Crippen LogP contribution in [0, 0.1) is 6.92 Å². The van der Waals surface area contributed by atoms with Gasteiger partial charge in [0.2, 0.25) is 5.91 Å². The molecule has 5 nitrogen and oxygen atoms in total. The molecule has 0 aliphatic rings. The van der Waals surface area contributed by atoms with Gasteiger partial charge in [-0.05, 0) is 25.5 Å². The Kier molecular flexibility index (Phi) is 5.25. The van der Waals surface area contributed by atoms with Gasteiger partial charge in [-0.2, -0.15) is 0 Å². The van der Waals surface area contributed by atoms with Gasteiger partial charge in [-0.25, -0.2) is 0 Å². The molecule has 1 heterocycles. The van der Waals surface area contributed by atoms with E-state index in [1.165, 1.54) is 11.8 Å². The lowest BCUT2D eigenvalue weighted by molar-refractivity contribution is -0.120. The van der Waals surface area contributed by atoms with Crippen LogP contribution in [-0.2, 0) is 18.4 Å². The largest absolute Gasteiger partial charge is 0.351 e. The molecule has 112 valence electrons. The van der Waals surface area contributed by atoms with Gasteiger partial charge < -0.3 is 9.88 Å². The lowest BCUT2D eigenvalue weighted by Crippen LogP contribution is -2.30. The molecule has 0 aliphatic carbocycles. The van der Waals surface area contributed by atoms with Crippen molar-refractivity contribution in [1.82, 2.24) is 20.1 Å². The topological polar surface area (TPSA) is 59.8 Å². The van der Waals surface area contributed by atoms with E-state index in [4.69, 9.17) is 11.6 Å². The summed E-state index contributed by atoms with van der Waals surface area (Å²) in [6.07, 6.45) is 0. The summed E-state index contributed by atoms with van der Waals surface area (Å²) in [6.45, 7) is 4.14. The molecular weight excluding hydrogens is 308 g/mol. The highest BCUT2D eigenvalue weighted by atomic mass is 35.5. The second kappa shape index (κ2) is 6.95. The normalized spacial score (nSPS) is 12.2. The molecule has 0 bridgehead atoms. The number of nitrogens with one attached hydrogen (secondary N) is 1. The van der Waals surface area contributed by atoms with Crippen molar-refractivity contribution in [2.75, 3.05) is 0 Å². The second-order valence-electron chi connectivity index (χ2n) is 4.66. The van der Waals surface area contributed by atoms with Crippen LogP contribution in [0.3, 0.4) is 0 Å². The maximum atomic E-state index is 12.1. The van der Waals surface area contributed by atoms with Crippen LogP contribution >= 0.6 is 23.4 Å². The van der Waals surface area contributed by atoms with Gasteiger partial charge in [-0.3, -0.25) is 4.79 Å². The van der Waals surface area contributed by atoms with Crippen molar-refractivity contribution in [2.24, 2.45) is 7.05 Å². The van der Waals surface area contributed by atoms with Crippen LogP contribution in [0.2, 0.25) is 5.02 Å². The first-order valence-corrected chi connectivity index (χ1v) is 7.78. The predicted octanol–water partition coefficient (Wildman–Crippen LogP) is 2.57. The number of carbonyl (C=O) groups is 1. The fourth-order valence-corrected chi connectivity index (χ4v) is 2.76. The van der Waals surface area contributed by atoms with Crippen molar-refractivity contribution >= 4 is 29.3 Å². The first-order valence-electron chi connectivity index (χ1n) is 6.53. The molecule has 21 heavy (non-hydrogen) atoms. The number of thioether (sulfide) groups is 1. The molecule has 7 heteroatoms. The number of halogens is 1. The van der Waals surface area contributed by atoms with Crippen LogP contribution in [0.5, 0.6) is 0 Å². The maximum Gasteiger partial charge on any atom is 0.233 e. The van der Waals surface area contributed by atoms with Gasteiger partial charge in [0.25, 0.3) is 0 Å². The Hall–Kier alpha value is -1.53. The molecule has 2 rings (SSSR count). The highest BCUT2D eigenvalue weighted by molar-refractivity contribution is 8.00. The summed E-state index contributed by atoms with van der Waals surface area (Å²) < 4.78 is 1.86. The molecule has 1 amide bonds. The number of nitrogens with zero attached hydrogens (tertiary/aromatic N) is 3. The van der Waals surface area contributed by atoms with Crippen molar-refractivity contribution in [2.45, 2.75) is 30.8 Å². The van der Waals surface area contributed by atoms with Crippen LogP contribution in [0.1, 0.15) is 18.3 Å². The average Bonchev–Trinajstić information content (AvgIpc) is 2.78. The zero-order valence-electron chi connectivity index (χ0n) is 12.1. The van der Waals surface area contributed by atoms with Gasteiger partial charge >= 0.3 is 0 Å². The summed E-state index contributed by atoms with van der Waals surface area (Å²) in [4.78, 5) is 12.1. The molecule has 0 spiro atoms. The Morgan fingerprint density at radius 3 is 2.76 bits per heavy atom. The number of aryl methyl sites for hydroxylation is 1. The van der Waals surface area contributed by atoms with Crippen LogP contribution in [-0.4, -0.2) is 25.9 Å². The van der Waals surface area contributed by atoms with Crippen molar-refractivity contribution in [3.05, 3.63) is 40.7 Å². The SMILES string of the molecule is Cc1nnc(S[C@@H](C)C(=O)NCc2ccccc2Cl)n1C. The van der Waals surface area contributed by atoms with Gasteiger partial charge in [0.05, 0.1) is 5.25 Å². The molecular formula is C14H17ClN4OS. The average molecular weight is 325 g/mol. The van der Waals surface area contributed by atoms with E-state index < -0.39 is 0 Å². The fraction of sp³-hybridized carbons (Fsp3) is 0.357. The highest BCUT2D eigenvalue weighted by Crippen LogP contribution is 2.21. The minimum absolute atomic E-state index is 0.0550. The first kappa shape index (κ1) is 15.9. The number of carbonyl (C=O) groups excluding carboxylic acids is 1. The van der Waals surface area contributed by atoms with Crippen molar-refractivity contribution in [3.8, 4) is 0 Å². The predicted molar refractivity (Wildman–Crippen MR) is 84.4 cm³/mol. The Labute approximate surface area is 133 Å². The van der Waals surface area contributed by atoms with E-state index in [1.54, 1.807) is 0 Å². The van der Waals surface area contributed by atoms with E-state index in [0.717, 1.165) is 16.5 Å². The Morgan fingerprint density at radius 2 is 2.14 bits per heavy atom. The van der Waals surface area contributed by atoms with Crippen LogP contribution in [0.25, 0.3) is 0 Å². The number of amides is 1. The molecule has 0 radical (unpaired) electrons. The Morgan fingerprint density at radius 1 is 1.43 bits per heavy atom. The number of aromatic nitrogens is 3. The minimum atomic E-state index is -0.255. The van der Waals surface area contributed by atoms with Gasteiger partial charge in [0.15, 0.2) is 5.16 Å². The van der Waals surface area contributed by atoms with Gasteiger partial charge in [0, 0.05) is 18.6 Å². The molecule has 1 atom stereocenters. The molecule has 2 aromatic rings. The summed E-state index contributed by atoms with van der Waals surface area (Å²) >= 11 is 7.45. The van der Waals surface area contributed by atoms with E-state index in [-0.39, 0.29) is 11.2 Å². The summed E-state index contributed by atoms with van der Waals surface area (Å²) in [7, 11) is 1.88. The lowest BCUT2D eigenvalue weighted by atomic mass is 10.2. The maximum absolute atomic E-state index is 12.1. The molecule has 0 fully saturated rings. The van der Waals surface area contributed by atoms with Crippen LogP contribution in [0.4, 0.5) is 0 Å². The molecule has 1 aromatic carbocycles. The van der Waals surface area contributed by atoms with Gasteiger partial charge in [-0.15, -0.1) is 10.2 Å². The monoisotopic (exact) mass is 324 g/mol. The van der Waals surface area contributed by atoms with Gasteiger partial charge in [-0.1, -0.05) is 41.6 Å². The smallest absolute Gasteiger partial charge is 0.233 e. The number of benzene rings is 1. The lowest BCUT2D eigenvalue weighted by Gasteiger charge is -2.12. The Bertz CT molecular complexity index is 644. The van der Waals surface area contributed by atoms with Crippen molar-refractivity contribution in [1.29, 1.82) is 0 Å². The van der Waals surface area contributed by atoms with Crippen molar-refractivity contribution < 1.29 is 4.79 Å². The van der Waals surface area contributed by atoms with Crippen LogP contribution < -0.4 is 5.32 Å². The molecule has 0 saturated heterocycles. The van der Waals surface area contributed by atoms with E-state index >= 15 is 0 Å². The fourth-order valence-electron chi connectivity index (χ4n) is 1.67. The van der Waals surface area contributed by atoms with E-state index in [0.29, 0.717) is 11.6 Å². The summed E-state index contributed by atoms with van der Waals surface area (Å²) in [5.41, 5.74) is 0.902. The molecule has 0 aliphatic heterocycles. The summed E-state index contributed by atoms with van der Waals surface area (Å²) in [5, 5.41) is 12.0. The summed E-state index contributed by atoms with van der Waals surface area (Å²) in [6, 6.07) is 7.46. The van der Waals surface area contributed by atoms with Crippen LogP contribution in [0.15, 0.2) is 29.4 Å². The molecule has 0 saturated carbocycles. The van der Waals surface area contributed by atoms with Gasteiger partial charge in [0.1, 0.15) is 5.82 Å². The van der Waals surface area contributed by atoms with Crippen molar-refractivity contribution in [3.63, 3.8) is 0 Å². The molecule has 1 aromatic heterocycles. The van der Waals surface area contributed by atoms with E-state index in [9.17, 15) is 4.79 Å². The highest BCUT2D eigenvalue weighted by Gasteiger charge is 2.17. The third-order valence-electron chi connectivity index (χ3n) is 3.11. The van der Waals surface area contributed by atoms with E-state index in [1.807, 2.05) is 49.7 Å². The quantitative estimate of drug-likeness (QED) is 0.859. The summed E-state index contributed by atoms with van der Waals surface area (Å²) in [5.74, 6) is 0.766. The number of hydrogen-bond donors (Lipinski definition) is 1. The zero-order valence-corrected chi connectivity index (χ0v) is 13.7. The molecule has 0 unspecified atom stereocenters. The third kappa shape index (κ3) is 3.98. The first-order chi connectivity index (χ1) is 9.99. The second-order valence-corrected chi connectivity index (χ2v) is 6.37. The number of rotatable bonds is 5. The zero-order chi connectivity index (χ0) is 15.4. The third-order valence-corrected chi connectivity index (χ3v) is 4.62. The number of hydrogen-bond acceptors (Lipinski definition) is 4. The minimum Gasteiger partial charge on any atom is -0.351 e.